The Morgan fingerprint density at radius 2 is 1.70 bits per heavy atom. The fourth-order valence-electron chi connectivity index (χ4n) is 8.30. The van der Waals surface area contributed by atoms with Gasteiger partial charge in [0.2, 0.25) is 15.7 Å². The number of amides is 1. The van der Waals surface area contributed by atoms with Gasteiger partial charge in [0.25, 0.3) is 0 Å². The minimum atomic E-state index is -2.27. The highest BCUT2D eigenvalue weighted by molar-refractivity contribution is 6.74. The van der Waals surface area contributed by atoms with Crippen molar-refractivity contribution in [2.75, 3.05) is 7.11 Å². The first-order valence-corrected chi connectivity index (χ1v) is 26.2. The molecule has 0 aromatic heterocycles. The molecule has 342 valence electrons. The van der Waals surface area contributed by atoms with Crippen LogP contribution in [0.1, 0.15) is 133 Å². The number of hydrogen-bond acceptors (Lipinski definition) is 9. The average Bonchev–Trinajstić information content (AvgIpc) is 3.17. The van der Waals surface area contributed by atoms with Gasteiger partial charge in [-0.3, -0.25) is 9.59 Å². The van der Waals surface area contributed by atoms with Crippen molar-refractivity contribution in [1.29, 1.82) is 0 Å². The third-order valence-electron chi connectivity index (χ3n) is 12.9. The molecule has 0 aliphatic heterocycles. The van der Waals surface area contributed by atoms with Crippen LogP contribution in [-0.4, -0.2) is 65.7 Å². The Balaban J connectivity index is 0.00000489. The van der Waals surface area contributed by atoms with Crippen LogP contribution in [0.15, 0.2) is 54.1 Å². The van der Waals surface area contributed by atoms with Crippen molar-refractivity contribution in [3.63, 3.8) is 0 Å². The standard InChI is InChI=1S/C49H77NO7Si2.H3NO/c1-16-32(3)46(53)55-42-26-31(2)25-36-19-17-33(4)39(44(36)42)23-21-37(51)28-38(56-59(14,15)48(8,9)10)29-43(52)50-30-34-18-22-40-35(27-34)20-24-41(54-13)45(40)49(11,12)57-58-47(5,6)7;1-2/h17-20,22,24-25,27,31-33,37-39,42,44,51H,16,21,23,26,28-30H2,1-15H3,(H,50,52);2H,1H2. The molecule has 2 aliphatic rings. The Morgan fingerprint density at radius 1 is 1.03 bits per heavy atom. The van der Waals surface area contributed by atoms with Crippen molar-refractivity contribution in [2.45, 2.75) is 175 Å². The third-order valence-corrected chi connectivity index (χ3v) is 18.7. The lowest BCUT2D eigenvalue weighted by Crippen LogP contribution is -2.46. The van der Waals surface area contributed by atoms with E-state index in [1.165, 1.54) is 5.57 Å². The molecule has 0 fully saturated rings. The first-order valence-electron chi connectivity index (χ1n) is 22.4. The van der Waals surface area contributed by atoms with Crippen LogP contribution in [0.25, 0.3) is 10.8 Å². The van der Waals surface area contributed by atoms with Gasteiger partial charge in [-0.1, -0.05) is 106 Å². The smallest absolute Gasteiger partial charge is 0.308 e. The number of carbonyl (C=O) groups is 2. The van der Waals surface area contributed by atoms with Crippen LogP contribution in [0.3, 0.4) is 0 Å². The molecule has 8 unspecified atom stereocenters. The second-order valence-corrected chi connectivity index (χ2v) is 27.3. The minimum absolute atomic E-state index is 0.0463. The lowest BCUT2D eigenvalue weighted by molar-refractivity contribution is -0.158. The molecule has 10 nitrogen and oxygen atoms in total. The van der Waals surface area contributed by atoms with E-state index in [9.17, 15) is 14.7 Å². The number of esters is 1. The maximum Gasteiger partial charge on any atom is 0.308 e. The maximum absolute atomic E-state index is 13.7. The zero-order valence-electron chi connectivity index (χ0n) is 40.1. The largest absolute Gasteiger partial charge is 0.496 e. The molecule has 12 heteroatoms. The van der Waals surface area contributed by atoms with Crippen molar-refractivity contribution in [3.8, 4) is 5.75 Å². The molecule has 5 N–H and O–H groups in total. The van der Waals surface area contributed by atoms with Crippen molar-refractivity contribution in [2.24, 2.45) is 35.5 Å². The first-order chi connectivity index (χ1) is 28.4. The van der Waals surface area contributed by atoms with Crippen LogP contribution in [-0.2, 0) is 35.3 Å². The summed E-state index contributed by atoms with van der Waals surface area (Å²) in [6.07, 6.45) is 9.07. The number of methoxy groups -OCH3 is 1. The van der Waals surface area contributed by atoms with Crippen molar-refractivity contribution >= 4 is 40.7 Å². The zero-order valence-corrected chi connectivity index (χ0v) is 42.1. The Hall–Kier alpha value is -2.85. The highest BCUT2D eigenvalue weighted by atomic mass is 28.4. The number of nitrogens with two attached hydrogens (primary N) is 1. The van der Waals surface area contributed by atoms with E-state index < -0.39 is 26.1 Å². The average molecular weight is 881 g/mol. The van der Waals surface area contributed by atoms with E-state index in [1.807, 2.05) is 19.9 Å². The third kappa shape index (κ3) is 14.6. The lowest BCUT2D eigenvalue weighted by Gasteiger charge is -2.43. The summed E-state index contributed by atoms with van der Waals surface area (Å²) in [6, 6.07) is 10.3. The topological polar surface area (TPSA) is 150 Å². The van der Waals surface area contributed by atoms with Crippen LogP contribution in [0.2, 0.25) is 23.2 Å². The van der Waals surface area contributed by atoms with Gasteiger partial charge in [-0.15, -0.1) is 0 Å². The molecule has 0 bridgehead atoms. The van der Waals surface area contributed by atoms with Gasteiger partial charge < -0.3 is 34.0 Å². The molecule has 61 heavy (non-hydrogen) atoms. The van der Waals surface area contributed by atoms with Gasteiger partial charge in [0.05, 0.1) is 37.3 Å². The SMILES string of the molecule is CCC(C)C(=O)OC1CC(C)C=C2C=CC(C)C(CCC(O)CC(CC(=O)NCc3ccc4c(C(C)(C)O[Si]C(C)(C)C)c(OC)ccc4c3)O[Si](C)(C)C(C)(C)C)C21.NO. The van der Waals surface area contributed by atoms with E-state index in [1.54, 1.807) is 7.11 Å². The Labute approximate surface area is 371 Å². The summed E-state index contributed by atoms with van der Waals surface area (Å²) in [4.78, 5) is 26.7. The number of aliphatic hydroxyl groups is 1. The summed E-state index contributed by atoms with van der Waals surface area (Å²) in [5.74, 6) is 4.89. The van der Waals surface area contributed by atoms with Crippen LogP contribution < -0.4 is 16.0 Å². The molecule has 0 spiro atoms. The number of ether oxygens (including phenoxy) is 2. The van der Waals surface area contributed by atoms with E-state index in [0.29, 0.717) is 35.1 Å². The molecule has 2 aromatic rings. The van der Waals surface area contributed by atoms with Gasteiger partial charge in [0, 0.05) is 18.0 Å². The molecular formula is C49H80N2O8Si2. The highest BCUT2D eigenvalue weighted by Gasteiger charge is 2.43. The molecule has 0 saturated heterocycles. The van der Waals surface area contributed by atoms with E-state index >= 15 is 0 Å². The van der Waals surface area contributed by atoms with Crippen molar-refractivity contribution < 1.29 is 38.2 Å². The number of carbonyl (C=O) groups excluding carboxylic acids is 2. The number of aliphatic hydroxyl groups excluding tert-OH is 1. The maximum atomic E-state index is 13.7. The summed E-state index contributed by atoms with van der Waals surface area (Å²) in [7, 11) is -0.259. The van der Waals surface area contributed by atoms with E-state index in [0.717, 1.165) is 46.9 Å². The molecule has 1 amide bonds. The summed E-state index contributed by atoms with van der Waals surface area (Å²) in [5, 5.41) is 23.4. The van der Waals surface area contributed by atoms with E-state index in [2.05, 4.69) is 136 Å². The van der Waals surface area contributed by atoms with Gasteiger partial charge in [-0.25, -0.2) is 5.90 Å². The predicted octanol–water partition coefficient (Wildman–Crippen LogP) is 10.6. The van der Waals surface area contributed by atoms with Crippen LogP contribution in [0.4, 0.5) is 0 Å². The predicted molar refractivity (Wildman–Crippen MR) is 251 cm³/mol. The van der Waals surface area contributed by atoms with Crippen molar-refractivity contribution in [3.05, 3.63) is 65.3 Å². The van der Waals surface area contributed by atoms with Crippen LogP contribution >= 0.6 is 0 Å². The van der Waals surface area contributed by atoms with Gasteiger partial charge in [0.1, 0.15) is 11.9 Å². The van der Waals surface area contributed by atoms with Crippen molar-refractivity contribution in [1.82, 2.24) is 5.32 Å². The van der Waals surface area contributed by atoms with Crippen LogP contribution in [0.5, 0.6) is 5.75 Å². The Kier molecular flexibility index (Phi) is 19.1. The second-order valence-electron chi connectivity index (χ2n) is 20.7. The van der Waals surface area contributed by atoms with Gasteiger partial charge >= 0.3 is 5.97 Å². The zero-order chi connectivity index (χ0) is 46.1. The fraction of sp³-hybridized carbons (Fsp3) is 0.673. The molecule has 0 heterocycles. The molecule has 0 saturated carbocycles. The first kappa shape index (κ1) is 52.5. The molecule has 2 radical (unpaired) electrons. The monoisotopic (exact) mass is 881 g/mol. The molecule has 2 aromatic carbocycles. The quantitative estimate of drug-likeness (QED) is 0.0652. The number of benzene rings is 2. The van der Waals surface area contributed by atoms with Crippen LogP contribution in [0, 0.1) is 29.6 Å². The van der Waals surface area contributed by atoms with E-state index in [4.69, 9.17) is 23.5 Å². The fourth-order valence-corrected chi connectivity index (χ4v) is 10.3. The number of fused-ring (bicyclic) bond motifs is 2. The van der Waals surface area contributed by atoms with Gasteiger partial charge in [-0.05, 0) is 121 Å². The second kappa shape index (κ2) is 22.2. The minimum Gasteiger partial charge on any atom is -0.496 e. The summed E-state index contributed by atoms with van der Waals surface area (Å²) in [5.41, 5.74) is 2.69. The summed E-state index contributed by atoms with van der Waals surface area (Å²) >= 11 is 0. The highest BCUT2D eigenvalue weighted by Crippen LogP contribution is 2.46. The number of nitrogens with one attached hydrogen (secondary N) is 1. The molecule has 8 atom stereocenters. The van der Waals surface area contributed by atoms with Gasteiger partial charge in [-0.2, -0.15) is 0 Å². The Bertz CT molecular complexity index is 1810. The Morgan fingerprint density at radius 3 is 2.31 bits per heavy atom. The molecular weight excluding hydrogens is 801 g/mol. The van der Waals surface area contributed by atoms with Gasteiger partial charge in [0.15, 0.2) is 8.32 Å². The van der Waals surface area contributed by atoms with E-state index in [-0.39, 0.29) is 58.1 Å². The lowest BCUT2D eigenvalue weighted by atomic mass is 9.65. The summed E-state index contributed by atoms with van der Waals surface area (Å²) < 4.78 is 25.4. The number of rotatable bonds is 18. The normalized spacial score (nSPS) is 22.3. The number of hydrogen-bond donors (Lipinski definition) is 4. The molecule has 2 aliphatic carbocycles. The summed E-state index contributed by atoms with van der Waals surface area (Å²) in [6.45, 7) is 30.5. The number of allylic oxidation sites excluding steroid dienone is 3. The molecule has 4 rings (SSSR count).